The van der Waals surface area contributed by atoms with Crippen LogP contribution in [0.25, 0.3) is 0 Å². The van der Waals surface area contributed by atoms with Gasteiger partial charge in [0.1, 0.15) is 0 Å². The standard InChI is InChI=1S/C20H31BrN4O2/c1-3-22-19(23-15-20(26-2)9-12-27-13-10-20)24-17-8-11-25(14-17)18-6-4-16(21)5-7-18/h4-7,17H,3,8-15H2,1-2H3,(H2,22,23,24). The van der Waals surface area contributed by atoms with E-state index in [1.165, 1.54) is 5.69 Å². The summed E-state index contributed by atoms with van der Waals surface area (Å²) in [5.74, 6) is 0.878. The third-order valence-electron chi connectivity index (χ3n) is 5.43. The van der Waals surface area contributed by atoms with E-state index in [0.29, 0.717) is 12.6 Å². The Morgan fingerprint density at radius 1 is 1.33 bits per heavy atom. The zero-order chi connectivity index (χ0) is 19.1. The average molecular weight is 439 g/mol. The number of guanidine groups is 1. The van der Waals surface area contributed by atoms with Crippen molar-refractivity contribution in [2.45, 2.75) is 37.8 Å². The maximum atomic E-state index is 5.81. The predicted molar refractivity (Wildman–Crippen MR) is 114 cm³/mol. The maximum absolute atomic E-state index is 5.81. The smallest absolute Gasteiger partial charge is 0.191 e. The van der Waals surface area contributed by atoms with Gasteiger partial charge in [0.15, 0.2) is 5.96 Å². The normalized spacial score (nSPS) is 22.7. The summed E-state index contributed by atoms with van der Waals surface area (Å²) < 4.78 is 12.4. The van der Waals surface area contributed by atoms with E-state index in [9.17, 15) is 0 Å². The molecule has 6 nitrogen and oxygen atoms in total. The Morgan fingerprint density at radius 2 is 2.07 bits per heavy atom. The van der Waals surface area contributed by atoms with Crippen LogP contribution >= 0.6 is 15.9 Å². The monoisotopic (exact) mass is 438 g/mol. The van der Waals surface area contributed by atoms with E-state index in [2.05, 4.69) is 62.7 Å². The van der Waals surface area contributed by atoms with Crippen LogP contribution in [0.4, 0.5) is 5.69 Å². The summed E-state index contributed by atoms with van der Waals surface area (Å²) in [6, 6.07) is 8.91. The topological polar surface area (TPSA) is 58.1 Å². The molecule has 7 heteroatoms. The minimum absolute atomic E-state index is 0.195. The maximum Gasteiger partial charge on any atom is 0.191 e. The molecule has 0 spiro atoms. The lowest BCUT2D eigenvalue weighted by Gasteiger charge is -2.34. The third kappa shape index (κ3) is 5.59. The van der Waals surface area contributed by atoms with E-state index in [1.807, 2.05) is 0 Å². The molecule has 2 N–H and O–H groups in total. The van der Waals surface area contributed by atoms with Crippen molar-refractivity contribution in [1.29, 1.82) is 0 Å². The van der Waals surface area contributed by atoms with E-state index in [1.54, 1.807) is 7.11 Å². The molecule has 0 saturated carbocycles. The summed E-state index contributed by atoms with van der Waals surface area (Å²) in [7, 11) is 1.79. The molecule has 150 valence electrons. The van der Waals surface area contributed by atoms with Gasteiger partial charge in [-0.2, -0.15) is 0 Å². The van der Waals surface area contributed by atoms with Crippen LogP contribution in [0, 0.1) is 0 Å². The van der Waals surface area contributed by atoms with Gasteiger partial charge in [0, 0.05) is 69.0 Å². The van der Waals surface area contributed by atoms with Crippen molar-refractivity contribution in [2.75, 3.05) is 51.4 Å². The van der Waals surface area contributed by atoms with Crippen molar-refractivity contribution in [3.8, 4) is 0 Å². The summed E-state index contributed by atoms with van der Waals surface area (Å²) in [6.07, 6.45) is 2.89. The van der Waals surface area contributed by atoms with E-state index < -0.39 is 0 Å². The van der Waals surface area contributed by atoms with Crippen molar-refractivity contribution in [3.63, 3.8) is 0 Å². The molecule has 27 heavy (non-hydrogen) atoms. The lowest BCUT2D eigenvalue weighted by atomic mass is 9.94. The van der Waals surface area contributed by atoms with Crippen LogP contribution in [-0.4, -0.2) is 64.1 Å². The number of aliphatic imine (C=N–C) groups is 1. The first kappa shape index (κ1) is 20.4. The first-order valence-electron chi connectivity index (χ1n) is 9.82. The SMILES string of the molecule is CCNC(=NCC1(OC)CCOCC1)NC1CCN(c2ccc(Br)cc2)C1. The molecule has 1 atom stereocenters. The Kier molecular flexibility index (Phi) is 7.38. The fraction of sp³-hybridized carbons (Fsp3) is 0.650. The van der Waals surface area contributed by atoms with Crippen LogP contribution in [0.5, 0.6) is 0 Å². The summed E-state index contributed by atoms with van der Waals surface area (Å²) >= 11 is 3.50. The van der Waals surface area contributed by atoms with Gasteiger partial charge in [-0.05, 0) is 37.6 Å². The molecule has 0 aliphatic carbocycles. The number of hydrogen-bond acceptors (Lipinski definition) is 4. The molecule has 1 aromatic rings. The molecule has 2 saturated heterocycles. The van der Waals surface area contributed by atoms with Crippen molar-refractivity contribution >= 4 is 27.6 Å². The minimum atomic E-state index is -0.195. The second-order valence-electron chi connectivity index (χ2n) is 7.25. The number of methoxy groups -OCH3 is 1. The Labute approximate surface area is 170 Å². The Morgan fingerprint density at radius 3 is 2.74 bits per heavy atom. The Balaban J connectivity index is 1.58. The summed E-state index contributed by atoms with van der Waals surface area (Å²) in [5, 5.41) is 6.99. The van der Waals surface area contributed by atoms with Crippen molar-refractivity contribution in [3.05, 3.63) is 28.7 Å². The fourth-order valence-corrected chi connectivity index (χ4v) is 3.94. The van der Waals surface area contributed by atoms with Gasteiger partial charge in [-0.3, -0.25) is 4.99 Å². The van der Waals surface area contributed by atoms with Crippen LogP contribution < -0.4 is 15.5 Å². The van der Waals surface area contributed by atoms with Gasteiger partial charge in [0.2, 0.25) is 0 Å². The summed E-state index contributed by atoms with van der Waals surface area (Å²) in [4.78, 5) is 7.26. The zero-order valence-corrected chi connectivity index (χ0v) is 17.9. The largest absolute Gasteiger partial charge is 0.381 e. The van der Waals surface area contributed by atoms with Crippen LogP contribution in [0.1, 0.15) is 26.2 Å². The number of nitrogens with one attached hydrogen (secondary N) is 2. The van der Waals surface area contributed by atoms with E-state index in [-0.39, 0.29) is 5.60 Å². The highest BCUT2D eigenvalue weighted by molar-refractivity contribution is 9.10. The van der Waals surface area contributed by atoms with E-state index in [4.69, 9.17) is 14.5 Å². The molecule has 1 unspecified atom stereocenters. The van der Waals surface area contributed by atoms with E-state index in [0.717, 1.165) is 62.5 Å². The highest BCUT2D eigenvalue weighted by Gasteiger charge is 2.32. The van der Waals surface area contributed by atoms with Gasteiger partial charge < -0.3 is 25.0 Å². The Hall–Kier alpha value is -1.31. The molecule has 2 heterocycles. The molecule has 2 aliphatic rings. The van der Waals surface area contributed by atoms with Crippen LogP contribution in [0.3, 0.4) is 0 Å². The number of anilines is 1. The number of hydrogen-bond donors (Lipinski definition) is 2. The molecule has 0 aromatic heterocycles. The quantitative estimate of drug-likeness (QED) is 0.528. The number of rotatable bonds is 6. The number of nitrogens with zero attached hydrogens (tertiary/aromatic N) is 2. The first-order valence-corrected chi connectivity index (χ1v) is 10.6. The fourth-order valence-electron chi connectivity index (χ4n) is 3.67. The molecule has 2 fully saturated rings. The van der Waals surface area contributed by atoms with Crippen LogP contribution in [-0.2, 0) is 9.47 Å². The minimum Gasteiger partial charge on any atom is -0.381 e. The highest BCUT2D eigenvalue weighted by atomic mass is 79.9. The van der Waals surface area contributed by atoms with Gasteiger partial charge in [-0.25, -0.2) is 0 Å². The molecule has 2 aliphatic heterocycles. The molecular weight excluding hydrogens is 408 g/mol. The highest BCUT2D eigenvalue weighted by Crippen LogP contribution is 2.25. The second kappa shape index (κ2) is 9.75. The lowest BCUT2D eigenvalue weighted by Crippen LogP contribution is -2.47. The third-order valence-corrected chi connectivity index (χ3v) is 5.96. The molecule has 3 rings (SSSR count). The first-order chi connectivity index (χ1) is 13.1. The number of ether oxygens (including phenoxy) is 2. The summed E-state index contributed by atoms with van der Waals surface area (Å²) in [6.45, 7) is 7.13. The molecule has 0 amide bonds. The lowest BCUT2D eigenvalue weighted by molar-refractivity contribution is -0.0828. The predicted octanol–water partition coefficient (Wildman–Crippen LogP) is 2.78. The number of benzene rings is 1. The Bertz CT molecular complexity index is 617. The summed E-state index contributed by atoms with van der Waals surface area (Å²) in [5.41, 5.74) is 1.07. The van der Waals surface area contributed by atoms with Gasteiger partial charge in [0.05, 0.1) is 12.1 Å². The van der Waals surface area contributed by atoms with Gasteiger partial charge in [-0.15, -0.1) is 0 Å². The van der Waals surface area contributed by atoms with Crippen LogP contribution in [0.2, 0.25) is 0 Å². The molecular formula is C20H31BrN4O2. The van der Waals surface area contributed by atoms with Gasteiger partial charge >= 0.3 is 0 Å². The molecule has 0 bridgehead atoms. The average Bonchev–Trinajstić information content (AvgIpc) is 3.16. The van der Waals surface area contributed by atoms with Gasteiger partial charge in [-0.1, -0.05) is 15.9 Å². The number of halogens is 1. The molecule has 1 aromatic carbocycles. The van der Waals surface area contributed by atoms with Crippen molar-refractivity contribution in [1.82, 2.24) is 10.6 Å². The zero-order valence-electron chi connectivity index (χ0n) is 16.3. The molecule has 0 radical (unpaired) electrons. The second-order valence-corrected chi connectivity index (χ2v) is 8.16. The van der Waals surface area contributed by atoms with Gasteiger partial charge in [0.25, 0.3) is 0 Å². The van der Waals surface area contributed by atoms with Crippen LogP contribution in [0.15, 0.2) is 33.7 Å². The van der Waals surface area contributed by atoms with E-state index >= 15 is 0 Å². The van der Waals surface area contributed by atoms with Crippen molar-refractivity contribution in [2.24, 2.45) is 4.99 Å². The van der Waals surface area contributed by atoms with Crippen molar-refractivity contribution < 1.29 is 9.47 Å².